The minimum atomic E-state index is -1.37. The van der Waals surface area contributed by atoms with Crippen molar-refractivity contribution in [3.05, 3.63) is 45.8 Å². The third-order valence-corrected chi connectivity index (χ3v) is 2.93. The highest BCUT2D eigenvalue weighted by Gasteiger charge is 2.36. The van der Waals surface area contributed by atoms with Crippen LogP contribution in [0, 0.1) is 11.6 Å². The highest BCUT2D eigenvalue weighted by Crippen LogP contribution is 2.24. The Morgan fingerprint density at radius 2 is 2.19 bits per heavy atom. The van der Waals surface area contributed by atoms with Crippen molar-refractivity contribution in [2.24, 2.45) is 5.11 Å². The van der Waals surface area contributed by atoms with E-state index in [0.717, 1.165) is 12.1 Å². The van der Waals surface area contributed by atoms with Crippen LogP contribution in [0.2, 0.25) is 0 Å². The summed E-state index contributed by atoms with van der Waals surface area (Å²) in [5.41, 5.74) is 7.08. The Labute approximate surface area is 120 Å². The van der Waals surface area contributed by atoms with Crippen molar-refractivity contribution in [1.82, 2.24) is 5.32 Å². The number of nitrogens with one attached hydrogen (secondary N) is 1. The minimum absolute atomic E-state index is 0.106. The molecule has 0 saturated heterocycles. The van der Waals surface area contributed by atoms with E-state index in [0.29, 0.717) is 0 Å². The number of halogens is 2. The molecule has 0 radical (unpaired) electrons. The van der Waals surface area contributed by atoms with Crippen LogP contribution < -0.4 is 5.32 Å². The van der Waals surface area contributed by atoms with Gasteiger partial charge in [-0.3, -0.25) is 5.32 Å². The summed E-state index contributed by atoms with van der Waals surface area (Å²) in [5, 5.41) is 6.19. The molecule has 0 bridgehead atoms. The molecule has 1 atom stereocenters. The van der Waals surface area contributed by atoms with Gasteiger partial charge >= 0.3 is 5.97 Å². The third kappa shape index (κ3) is 4.14. The van der Waals surface area contributed by atoms with Crippen LogP contribution in [0.4, 0.5) is 8.78 Å². The molecule has 0 aromatic heterocycles. The maximum atomic E-state index is 13.4. The summed E-state index contributed by atoms with van der Waals surface area (Å²) in [7, 11) is 0. The van der Waals surface area contributed by atoms with Gasteiger partial charge in [0.25, 0.3) is 0 Å². The second-order valence-electron chi connectivity index (χ2n) is 4.36. The summed E-state index contributed by atoms with van der Waals surface area (Å²) in [6.45, 7) is 3.57. The first-order valence-electron chi connectivity index (χ1n) is 6.34. The van der Waals surface area contributed by atoms with Gasteiger partial charge in [0.15, 0.2) is 11.6 Å². The van der Waals surface area contributed by atoms with Gasteiger partial charge in [-0.2, -0.15) is 0 Å². The zero-order valence-electron chi connectivity index (χ0n) is 11.8. The number of rotatable bonds is 7. The molecule has 1 aromatic rings. The quantitative estimate of drug-likeness (QED) is 0.276. The van der Waals surface area contributed by atoms with Gasteiger partial charge in [0.1, 0.15) is 5.54 Å². The average molecular weight is 298 g/mol. The molecule has 0 aliphatic carbocycles. The lowest BCUT2D eigenvalue weighted by atomic mass is 9.91. The zero-order chi connectivity index (χ0) is 15.9. The Kier molecular flexibility index (Phi) is 6.08. The summed E-state index contributed by atoms with van der Waals surface area (Å²) < 4.78 is 31.4. The molecule has 8 heteroatoms. The molecule has 0 aliphatic rings. The molecule has 0 fully saturated rings. The number of hydrogen-bond acceptors (Lipinski definition) is 4. The van der Waals surface area contributed by atoms with Crippen molar-refractivity contribution in [2.75, 3.05) is 19.7 Å². The second-order valence-corrected chi connectivity index (χ2v) is 4.36. The predicted octanol–water partition coefficient (Wildman–Crippen LogP) is 2.64. The van der Waals surface area contributed by atoms with E-state index in [9.17, 15) is 13.6 Å². The maximum absolute atomic E-state index is 13.4. The van der Waals surface area contributed by atoms with Crippen LogP contribution >= 0.6 is 0 Å². The molecule has 0 spiro atoms. The summed E-state index contributed by atoms with van der Waals surface area (Å²) >= 11 is 0. The minimum Gasteiger partial charge on any atom is -0.464 e. The fourth-order valence-corrected chi connectivity index (χ4v) is 1.78. The standard InChI is InChI=1S/C13H16F2N4O2/c1-3-21-12(20)13(2,17-6-7-18-19-16)9-4-5-10(14)11(15)8-9/h4-5,8,17H,3,6-7H2,1-2H3. The molecule has 1 rings (SSSR count). The van der Waals surface area contributed by atoms with Crippen LogP contribution in [0.25, 0.3) is 10.4 Å². The van der Waals surface area contributed by atoms with Crippen LogP contribution in [-0.2, 0) is 15.1 Å². The van der Waals surface area contributed by atoms with Gasteiger partial charge in [0.2, 0.25) is 0 Å². The molecule has 1 N–H and O–H groups in total. The lowest BCUT2D eigenvalue weighted by molar-refractivity contribution is -0.151. The van der Waals surface area contributed by atoms with Crippen molar-refractivity contribution >= 4 is 5.97 Å². The number of nitrogens with zero attached hydrogens (tertiary/aromatic N) is 3. The fourth-order valence-electron chi connectivity index (χ4n) is 1.78. The van der Waals surface area contributed by atoms with Crippen LogP contribution in [0.15, 0.2) is 23.3 Å². The van der Waals surface area contributed by atoms with Crippen molar-refractivity contribution in [3.8, 4) is 0 Å². The number of hydrogen-bond donors (Lipinski definition) is 1. The van der Waals surface area contributed by atoms with Gasteiger partial charge < -0.3 is 4.74 Å². The zero-order valence-corrected chi connectivity index (χ0v) is 11.8. The number of carbonyl (C=O) groups excluding carboxylic acids is 1. The van der Waals surface area contributed by atoms with Crippen molar-refractivity contribution in [3.63, 3.8) is 0 Å². The van der Waals surface area contributed by atoms with E-state index < -0.39 is 23.1 Å². The van der Waals surface area contributed by atoms with Gasteiger partial charge in [-0.05, 0) is 37.1 Å². The lowest BCUT2D eigenvalue weighted by Crippen LogP contribution is -2.48. The first-order valence-corrected chi connectivity index (χ1v) is 6.34. The fraction of sp³-hybridized carbons (Fsp3) is 0.462. The summed E-state index contributed by atoms with van der Waals surface area (Å²) in [6.07, 6.45) is 0. The Bertz CT molecular complexity index is 561. The van der Waals surface area contributed by atoms with Crippen LogP contribution in [0.3, 0.4) is 0 Å². The molecule has 0 heterocycles. The van der Waals surface area contributed by atoms with Gasteiger partial charge in [0.05, 0.1) is 6.61 Å². The smallest absolute Gasteiger partial charge is 0.330 e. The van der Waals surface area contributed by atoms with E-state index in [1.807, 2.05) is 0 Å². The van der Waals surface area contributed by atoms with Gasteiger partial charge in [-0.15, -0.1) is 0 Å². The SMILES string of the molecule is CCOC(=O)C(C)(NCCN=[N+]=[N-])c1ccc(F)c(F)c1. The van der Waals surface area contributed by atoms with Gasteiger partial charge in [0, 0.05) is 18.0 Å². The van der Waals surface area contributed by atoms with E-state index in [-0.39, 0.29) is 25.3 Å². The average Bonchev–Trinajstić information content (AvgIpc) is 2.46. The van der Waals surface area contributed by atoms with E-state index in [1.54, 1.807) is 6.92 Å². The second kappa shape index (κ2) is 7.56. The van der Waals surface area contributed by atoms with E-state index >= 15 is 0 Å². The molecule has 21 heavy (non-hydrogen) atoms. The molecule has 0 saturated carbocycles. The molecular weight excluding hydrogens is 282 g/mol. The Hall–Kier alpha value is -2.18. The van der Waals surface area contributed by atoms with Crippen LogP contribution in [-0.4, -0.2) is 25.7 Å². The predicted molar refractivity (Wildman–Crippen MR) is 72.4 cm³/mol. The number of azide groups is 1. The number of carbonyl (C=O) groups is 1. The first kappa shape index (κ1) is 16.9. The van der Waals surface area contributed by atoms with Gasteiger partial charge in [-0.1, -0.05) is 11.2 Å². The Balaban J connectivity index is 3.07. The normalized spacial score (nSPS) is 13.1. The van der Waals surface area contributed by atoms with E-state index in [4.69, 9.17) is 10.3 Å². The largest absolute Gasteiger partial charge is 0.464 e. The van der Waals surface area contributed by atoms with Crippen molar-refractivity contribution < 1.29 is 18.3 Å². The van der Waals surface area contributed by atoms with Crippen molar-refractivity contribution in [2.45, 2.75) is 19.4 Å². The van der Waals surface area contributed by atoms with E-state index in [2.05, 4.69) is 15.3 Å². The summed E-state index contributed by atoms with van der Waals surface area (Å²) in [6, 6.07) is 3.18. The maximum Gasteiger partial charge on any atom is 0.330 e. The summed E-state index contributed by atoms with van der Waals surface area (Å²) in [4.78, 5) is 14.7. The Morgan fingerprint density at radius 3 is 2.76 bits per heavy atom. The monoisotopic (exact) mass is 298 g/mol. The molecule has 6 nitrogen and oxygen atoms in total. The van der Waals surface area contributed by atoms with Crippen molar-refractivity contribution in [1.29, 1.82) is 0 Å². The highest BCUT2D eigenvalue weighted by atomic mass is 19.2. The molecule has 1 aromatic carbocycles. The van der Waals surface area contributed by atoms with E-state index in [1.165, 1.54) is 13.0 Å². The first-order chi connectivity index (χ1) is 9.95. The molecule has 0 amide bonds. The topological polar surface area (TPSA) is 87.1 Å². The third-order valence-electron chi connectivity index (χ3n) is 2.93. The van der Waals surface area contributed by atoms with Gasteiger partial charge in [-0.25, -0.2) is 13.6 Å². The molecular formula is C13H16F2N4O2. The highest BCUT2D eigenvalue weighted by molar-refractivity contribution is 5.82. The Morgan fingerprint density at radius 1 is 1.48 bits per heavy atom. The number of esters is 1. The number of ether oxygens (including phenoxy) is 1. The molecule has 114 valence electrons. The molecule has 0 aliphatic heterocycles. The summed E-state index contributed by atoms with van der Waals surface area (Å²) in [5.74, 6) is -2.68. The lowest BCUT2D eigenvalue weighted by Gasteiger charge is -2.29. The number of benzene rings is 1. The van der Waals surface area contributed by atoms with Crippen LogP contribution in [0.1, 0.15) is 19.4 Å². The van der Waals surface area contributed by atoms with Crippen LogP contribution in [0.5, 0.6) is 0 Å². The molecule has 1 unspecified atom stereocenters.